The lowest BCUT2D eigenvalue weighted by Gasteiger charge is -2.33. The van der Waals surface area contributed by atoms with E-state index >= 15 is 0 Å². The average molecular weight is 436 g/mol. The molecule has 3 aliphatic rings. The second kappa shape index (κ2) is 7.62. The van der Waals surface area contributed by atoms with Gasteiger partial charge < -0.3 is 4.74 Å². The Kier molecular flexibility index (Phi) is 4.69. The summed E-state index contributed by atoms with van der Waals surface area (Å²) in [6, 6.07) is 26.0. The van der Waals surface area contributed by atoms with Crippen LogP contribution in [-0.2, 0) is 16.8 Å². The zero-order valence-electron chi connectivity index (χ0n) is 19.3. The van der Waals surface area contributed by atoms with Gasteiger partial charge in [-0.1, -0.05) is 86.7 Å². The molecule has 3 heteroatoms. The molecule has 1 amide bonds. The molecule has 3 nitrogen and oxygen atoms in total. The van der Waals surface area contributed by atoms with Gasteiger partial charge in [0.1, 0.15) is 6.61 Å². The maximum atomic E-state index is 12.9. The first-order chi connectivity index (χ1) is 16.0. The quantitative estimate of drug-likeness (QED) is 0.445. The molecule has 1 fully saturated rings. The molecule has 2 heterocycles. The third-order valence-corrected chi connectivity index (χ3v) is 7.77. The molecule has 33 heavy (non-hydrogen) atoms. The molecule has 0 spiro atoms. The van der Waals surface area contributed by atoms with E-state index in [2.05, 4.69) is 62.4 Å². The topological polar surface area (TPSA) is 29.5 Å². The summed E-state index contributed by atoms with van der Waals surface area (Å²) in [6.07, 6.45) is 5.06. The largest absolute Gasteiger partial charge is 0.445 e. The Labute approximate surface area is 195 Å². The van der Waals surface area contributed by atoms with Gasteiger partial charge in [0.05, 0.1) is 6.04 Å². The van der Waals surface area contributed by atoms with Crippen LogP contribution in [0.15, 0.2) is 78.9 Å². The van der Waals surface area contributed by atoms with Crippen LogP contribution in [-0.4, -0.2) is 23.1 Å². The molecule has 2 aliphatic heterocycles. The lowest BCUT2D eigenvalue weighted by Crippen LogP contribution is -2.43. The van der Waals surface area contributed by atoms with Crippen molar-refractivity contribution in [1.82, 2.24) is 4.90 Å². The van der Waals surface area contributed by atoms with Gasteiger partial charge in [0.25, 0.3) is 0 Å². The van der Waals surface area contributed by atoms with Gasteiger partial charge in [-0.2, -0.15) is 0 Å². The first kappa shape index (κ1) is 20.3. The fraction of sp³-hybridized carbons (Fsp3) is 0.300. The lowest BCUT2D eigenvalue weighted by molar-refractivity contribution is 0.0832. The molecule has 6 rings (SSSR count). The Hall–Kier alpha value is -3.33. The minimum atomic E-state index is -0.188. The van der Waals surface area contributed by atoms with Crippen LogP contribution < -0.4 is 0 Å². The standard InChI is InChI=1S/C30H29NO2/c1-30(2)27-11-7-6-10-25(27)26-15-12-21(18-28(26)30)22-16-23-13-14-24(17-22)31(23)29(32)33-19-20-8-4-3-5-9-20/h3-12,15-16,18,23-24H,13-14,17,19H2,1-2H3. The molecule has 2 bridgehead atoms. The molecule has 1 aliphatic carbocycles. The van der Waals surface area contributed by atoms with Crippen LogP contribution in [0, 0.1) is 0 Å². The van der Waals surface area contributed by atoms with Crippen molar-refractivity contribution in [3.63, 3.8) is 0 Å². The van der Waals surface area contributed by atoms with E-state index in [1.54, 1.807) is 0 Å². The van der Waals surface area contributed by atoms with E-state index in [0.29, 0.717) is 6.61 Å². The summed E-state index contributed by atoms with van der Waals surface area (Å²) in [7, 11) is 0. The molecule has 2 unspecified atom stereocenters. The molecule has 2 atom stereocenters. The molecular formula is C30H29NO2. The normalized spacial score (nSPS) is 21.9. The van der Waals surface area contributed by atoms with E-state index in [1.807, 2.05) is 35.2 Å². The predicted molar refractivity (Wildman–Crippen MR) is 132 cm³/mol. The van der Waals surface area contributed by atoms with E-state index in [0.717, 1.165) is 24.8 Å². The van der Waals surface area contributed by atoms with E-state index in [4.69, 9.17) is 4.74 Å². The van der Waals surface area contributed by atoms with Crippen LogP contribution in [0.5, 0.6) is 0 Å². The maximum Gasteiger partial charge on any atom is 0.410 e. The Morgan fingerprint density at radius 3 is 2.52 bits per heavy atom. The first-order valence-corrected chi connectivity index (χ1v) is 12.0. The highest BCUT2D eigenvalue weighted by molar-refractivity contribution is 5.83. The number of rotatable bonds is 3. The minimum absolute atomic E-state index is 0.00340. The van der Waals surface area contributed by atoms with Crippen molar-refractivity contribution in [3.8, 4) is 11.1 Å². The number of carbonyl (C=O) groups excluding carboxylic acids is 1. The van der Waals surface area contributed by atoms with E-state index in [-0.39, 0.29) is 23.6 Å². The summed E-state index contributed by atoms with van der Waals surface area (Å²) in [4.78, 5) is 14.9. The number of nitrogens with zero attached hydrogens (tertiary/aromatic N) is 1. The van der Waals surface area contributed by atoms with Crippen LogP contribution in [0.1, 0.15) is 55.4 Å². The van der Waals surface area contributed by atoms with Crippen LogP contribution >= 0.6 is 0 Å². The molecule has 3 aromatic rings. The van der Waals surface area contributed by atoms with Gasteiger partial charge in [0, 0.05) is 11.5 Å². The van der Waals surface area contributed by atoms with Gasteiger partial charge in [-0.3, -0.25) is 4.90 Å². The zero-order valence-corrected chi connectivity index (χ0v) is 19.3. The van der Waals surface area contributed by atoms with E-state index in [9.17, 15) is 4.79 Å². The summed E-state index contributed by atoms with van der Waals surface area (Å²) >= 11 is 0. The van der Waals surface area contributed by atoms with Crippen molar-refractivity contribution in [3.05, 3.63) is 101 Å². The smallest absolute Gasteiger partial charge is 0.410 e. The molecule has 166 valence electrons. The second-order valence-corrected chi connectivity index (χ2v) is 10.1. The molecule has 0 saturated carbocycles. The van der Waals surface area contributed by atoms with E-state index < -0.39 is 0 Å². The highest BCUT2D eigenvalue weighted by Crippen LogP contribution is 2.49. The van der Waals surface area contributed by atoms with Gasteiger partial charge >= 0.3 is 6.09 Å². The fourth-order valence-electron chi connectivity index (χ4n) is 6.03. The van der Waals surface area contributed by atoms with Crippen molar-refractivity contribution in [2.45, 2.75) is 57.2 Å². The summed E-state index contributed by atoms with van der Waals surface area (Å²) in [5.41, 5.74) is 9.20. The van der Waals surface area contributed by atoms with Gasteiger partial charge in [-0.15, -0.1) is 0 Å². The molecule has 3 aromatic carbocycles. The van der Waals surface area contributed by atoms with Crippen molar-refractivity contribution < 1.29 is 9.53 Å². The minimum Gasteiger partial charge on any atom is -0.445 e. The van der Waals surface area contributed by atoms with Gasteiger partial charge in [-0.25, -0.2) is 4.79 Å². The predicted octanol–water partition coefficient (Wildman–Crippen LogP) is 6.95. The molecule has 0 radical (unpaired) electrons. The monoisotopic (exact) mass is 435 g/mol. The highest BCUT2D eigenvalue weighted by atomic mass is 16.6. The highest BCUT2D eigenvalue weighted by Gasteiger charge is 2.41. The third-order valence-electron chi connectivity index (χ3n) is 7.77. The summed E-state index contributed by atoms with van der Waals surface area (Å²) in [6.45, 7) is 4.97. The zero-order chi connectivity index (χ0) is 22.6. The molecule has 1 saturated heterocycles. The van der Waals surface area contributed by atoms with Gasteiger partial charge in [-0.05, 0) is 64.3 Å². The number of hydrogen-bond donors (Lipinski definition) is 0. The van der Waals surface area contributed by atoms with Gasteiger partial charge in [0.15, 0.2) is 0 Å². The summed E-state index contributed by atoms with van der Waals surface area (Å²) in [5, 5.41) is 0. The summed E-state index contributed by atoms with van der Waals surface area (Å²) in [5.74, 6) is 0. The first-order valence-electron chi connectivity index (χ1n) is 12.0. The Balaban J connectivity index is 1.25. The van der Waals surface area contributed by atoms with Crippen molar-refractivity contribution in [2.24, 2.45) is 0 Å². The average Bonchev–Trinajstić information content (AvgIpc) is 3.24. The Morgan fingerprint density at radius 2 is 1.70 bits per heavy atom. The van der Waals surface area contributed by atoms with Crippen molar-refractivity contribution >= 4 is 11.7 Å². The maximum absolute atomic E-state index is 12.9. The van der Waals surface area contributed by atoms with E-state index in [1.165, 1.54) is 33.4 Å². The Bertz CT molecular complexity index is 1260. The molecular weight excluding hydrogens is 406 g/mol. The van der Waals surface area contributed by atoms with Crippen molar-refractivity contribution in [2.75, 3.05) is 0 Å². The number of hydrogen-bond acceptors (Lipinski definition) is 2. The third kappa shape index (κ3) is 3.30. The SMILES string of the molecule is CC1(C)c2ccccc2-c2ccc(C3=CC4CCC(C3)N4C(=O)OCc3ccccc3)cc21. The fourth-order valence-corrected chi connectivity index (χ4v) is 6.03. The van der Waals surface area contributed by atoms with Crippen LogP contribution in [0.25, 0.3) is 16.7 Å². The second-order valence-electron chi connectivity index (χ2n) is 10.1. The van der Waals surface area contributed by atoms with Gasteiger partial charge in [0.2, 0.25) is 0 Å². The molecule has 0 N–H and O–H groups in total. The lowest BCUT2D eigenvalue weighted by atomic mass is 9.81. The number of ether oxygens (including phenoxy) is 1. The van der Waals surface area contributed by atoms with Crippen LogP contribution in [0.4, 0.5) is 4.79 Å². The number of amides is 1. The Morgan fingerprint density at radius 1 is 0.939 bits per heavy atom. The van der Waals surface area contributed by atoms with Crippen LogP contribution in [0.3, 0.4) is 0 Å². The van der Waals surface area contributed by atoms with Crippen LogP contribution in [0.2, 0.25) is 0 Å². The number of fused-ring (bicyclic) bond motifs is 5. The number of benzene rings is 3. The van der Waals surface area contributed by atoms with Crippen molar-refractivity contribution in [1.29, 1.82) is 0 Å². The number of carbonyl (C=O) groups is 1. The summed E-state index contributed by atoms with van der Waals surface area (Å²) < 4.78 is 5.67. The molecule has 0 aromatic heterocycles.